The maximum atomic E-state index is 13.2. The summed E-state index contributed by atoms with van der Waals surface area (Å²) in [4.78, 5) is 42.6. The summed E-state index contributed by atoms with van der Waals surface area (Å²) in [6.45, 7) is 3.42. The van der Waals surface area contributed by atoms with E-state index in [-0.39, 0.29) is 18.7 Å². The Labute approximate surface area is 191 Å². The Kier molecular flexibility index (Phi) is 6.88. The van der Waals surface area contributed by atoms with Crippen molar-refractivity contribution in [1.82, 2.24) is 10.2 Å². The van der Waals surface area contributed by atoms with Gasteiger partial charge in [-0.05, 0) is 42.3 Å². The van der Waals surface area contributed by atoms with Gasteiger partial charge in [0.2, 0.25) is 5.91 Å². The van der Waals surface area contributed by atoms with E-state index < -0.39 is 23.8 Å². The first-order valence-electron chi connectivity index (χ1n) is 11.0. The minimum Gasteiger partial charge on any atom is -0.378 e. The zero-order valence-corrected chi connectivity index (χ0v) is 18.5. The Balaban J connectivity index is 1.34. The van der Waals surface area contributed by atoms with E-state index in [1.807, 2.05) is 18.2 Å². The van der Waals surface area contributed by atoms with Crippen LogP contribution in [-0.2, 0) is 20.9 Å². The molecule has 4 rings (SSSR count). The van der Waals surface area contributed by atoms with E-state index in [0.717, 1.165) is 29.2 Å². The van der Waals surface area contributed by atoms with Gasteiger partial charge in [0.15, 0.2) is 0 Å². The standard InChI is InChI=1S/C24H27FN4O4/c1-27(16-17-4-2-3-5-21(17)28-12-14-33-15-13-28)22(30)11-10-20-23(31)29(24(32)26-20)19-8-6-18(25)7-9-19/h2-9,20H,10-16H2,1H3,(H,26,32)/t20-/m0/s1. The molecular formula is C24H27FN4O4. The van der Waals surface area contributed by atoms with E-state index in [9.17, 15) is 18.8 Å². The molecule has 2 heterocycles. The molecule has 2 aliphatic rings. The van der Waals surface area contributed by atoms with Gasteiger partial charge in [0, 0.05) is 38.8 Å². The lowest BCUT2D eigenvalue weighted by Crippen LogP contribution is -2.37. The Bertz CT molecular complexity index is 1020. The molecule has 0 saturated carbocycles. The average molecular weight is 455 g/mol. The fourth-order valence-corrected chi connectivity index (χ4v) is 4.12. The zero-order valence-electron chi connectivity index (χ0n) is 18.5. The highest BCUT2D eigenvalue weighted by Crippen LogP contribution is 2.24. The molecule has 0 aromatic heterocycles. The van der Waals surface area contributed by atoms with E-state index in [2.05, 4.69) is 16.3 Å². The van der Waals surface area contributed by atoms with Crippen LogP contribution in [0.1, 0.15) is 18.4 Å². The lowest BCUT2D eigenvalue weighted by Gasteiger charge is -2.31. The Morgan fingerprint density at radius 1 is 1.12 bits per heavy atom. The zero-order chi connectivity index (χ0) is 23.4. The summed E-state index contributed by atoms with van der Waals surface area (Å²) >= 11 is 0. The third kappa shape index (κ3) is 5.14. The van der Waals surface area contributed by atoms with E-state index in [4.69, 9.17) is 4.74 Å². The molecule has 2 fully saturated rings. The lowest BCUT2D eigenvalue weighted by atomic mass is 10.1. The number of para-hydroxylation sites is 1. The normalized spacial score (nSPS) is 18.4. The molecule has 8 nitrogen and oxygen atoms in total. The van der Waals surface area contributed by atoms with Crippen molar-refractivity contribution in [3.05, 3.63) is 59.9 Å². The number of amides is 4. The van der Waals surface area contributed by atoms with Crippen molar-refractivity contribution < 1.29 is 23.5 Å². The molecule has 2 aromatic carbocycles. The van der Waals surface area contributed by atoms with Gasteiger partial charge in [-0.25, -0.2) is 14.1 Å². The number of anilines is 2. The van der Waals surface area contributed by atoms with Gasteiger partial charge in [-0.3, -0.25) is 9.59 Å². The van der Waals surface area contributed by atoms with Crippen LogP contribution in [0.15, 0.2) is 48.5 Å². The monoisotopic (exact) mass is 454 g/mol. The molecule has 2 aromatic rings. The smallest absolute Gasteiger partial charge is 0.329 e. The molecule has 0 bridgehead atoms. The van der Waals surface area contributed by atoms with E-state index in [0.29, 0.717) is 25.4 Å². The van der Waals surface area contributed by atoms with Gasteiger partial charge in [-0.2, -0.15) is 0 Å². The molecule has 1 N–H and O–H groups in total. The molecule has 0 spiro atoms. The van der Waals surface area contributed by atoms with Gasteiger partial charge in [0.05, 0.1) is 18.9 Å². The van der Waals surface area contributed by atoms with Gasteiger partial charge in [0.1, 0.15) is 11.9 Å². The Morgan fingerprint density at radius 2 is 1.82 bits per heavy atom. The summed E-state index contributed by atoms with van der Waals surface area (Å²) in [6, 6.07) is 11.8. The van der Waals surface area contributed by atoms with Crippen molar-refractivity contribution >= 4 is 29.2 Å². The SMILES string of the molecule is CN(Cc1ccccc1N1CCOCC1)C(=O)CC[C@@H]1NC(=O)N(c2ccc(F)cc2)C1=O. The minimum absolute atomic E-state index is 0.115. The second-order valence-corrected chi connectivity index (χ2v) is 8.17. The summed E-state index contributed by atoms with van der Waals surface area (Å²) < 4.78 is 18.6. The van der Waals surface area contributed by atoms with Gasteiger partial charge < -0.3 is 19.9 Å². The Morgan fingerprint density at radius 3 is 2.55 bits per heavy atom. The largest absolute Gasteiger partial charge is 0.378 e. The molecule has 33 heavy (non-hydrogen) atoms. The molecule has 2 aliphatic heterocycles. The number of morpholine rings is 1. The fraction of sp³-hybridized carbons (Fsp3) is 0.375. The van der Waals surface area contributed by atoms with Gasteiger partial charge >= 0.3 is 6.03 Å². The average Bonchev–Trinajstić information content (AvgIpc) is 3.12. The molecular weight excluding hydrogens is 427 g/mol. The molecule has 174 valence electrons. The summed E-state index contributed by atoms with van der Waals surface area (Å²) in [6.07, 6.45) is 0.306. The van der Waals surface area contributed by atoms with Crippen LogP contribution < -0.4 is 15.1 Å². The highest BCUT2D eigenvalue weighted by molar-refractivity contribution is 6.21. The number of urea groups is 1. The van der Waals surface area contributed by atoms with Crippen molar-refractivity contribution in [3.63, 3.8) is 0 Å². The van der Waals surface area contributed by atoms with Crippen LogP contribution in [0.4, 0.5) is 20.6 Å². The summed E-state index contributed by atoms with van der Waals surface area (Å²) in [5, 5.41) is 2.62. The lowest BCUT2D eigenvalue weighted by molar-refractivity contribution is -0.130. The Hall–Kier alpha value is -3.46. The predicted octanol–water partition coefficient (Wildman–Crippen LogP) is 2.53. The molecule has 2 saturated heterocycles. The fourth-order valence-electron chi connectivity index (χ4n) is 4.12. The van der Waals surface area contributed by atoms with Crippen LogP contribution in [-0.4, -0.2) is 62.1 Å². The first-order chi connectivity index (χ1) is 15.9. The number of benzene rings is 2. The van der Waals surface area contributed by atoms with Crippen molar-refractivity contribution in [2.75, 3.05) is 43.2 Å². The maximum Gasteiger partial charge on any atom is 0.329 e. The molecule has 1 atom stereocenters. The first kappa shape index (κ1) is 22.7. The van der Waals surface area contributed by atoms with Crippen LogP contribution >= 0.6 is 0 Å². The summed E-state index contributed by atoms with van der Waals surface area (Å²) in [5.74, 6) is -1.01. The number of rotatable bonds is 7. The van der Waals surface area contributed by atoms with Gasteiger partial charge in [0.25, 0.3) is 5.91 Å². The van der Waals surface area contributed by atoms with Crippen LogP contribution in [0, 0.1) is 5.82 Å². The van der Waals surface area contributed by atoms with Crippen molar-refractivity contribution in [2.24, 2.45) is 0 Å². The number of ether oxygens (including phenoxy) is 1. The van der Waals surface area contributed by atoms with Crippen molar-refractivity contribution in [2.45, 2.75) is 25.4 Å². The van der Waals surface area contributed by atoms with E-state index >= 15 is 0 Å². The van der Waals surface area contributed by atoms with Crippen molar-refractivity contribution in [3.8, 4) is 0 Å². The quantitative estimate of drug-likeness (QED) is 0.651. The number of hydrogen-bond acceptors (Lipinski definition) is 5. The third-order valence-electron chi connectivity index (χ3n) is 5.93. The van der Waals surface area contributed by atoms with Gasteiger partial charge in [-0.15, -0.1) is 0 Å². The van der Waals surface area contributed by atoms with Crippen LogP contribution in [0.2, 0.25) is 0 Å². The maximum absolute atomic E-state index is 13.2. The molecule has 9 heteroatoms. The van der Waals surface area contributed by atoms with Gasteiger partial charge in [-0.1, -0.05) is 18.2 Å². The molecule has 0 radical (unpaired) electrons. The molecule has 4 amide bonds. The summed E-state index contributed by atoms with van der Waals surface area (Å²) in [7, 11) is 1.73. The topological polar surface area (TPSA) is 82.2 Å². The van der Waals surface area contributed by atoms with Crippen LogP contribution in [0.25, 0.3) is 0 Å². The first-order valence-corrected chi connectivity index (χ1v) is 11.0. The second kappa shape index (κ2) is 9.99. The highest BCUT2D eigenvalue weighted by Gasteiger charge is 2.39. The molecule has 0 unspecified atom stereocenters. The van der Waals surface area contributed by atoms with E-state index in [1.165, 1.54) is 24.3 Å². The number of hydrogen-bond donors (Lipinski definition) is 1. The van der Waals surface area contributed by atoms with Crippen LogP contribution in [0.5, 0.6) is 0 Å². The number of imide groups is 1. The number of carbonyl (C=O) groups is 3. The number of nitrogens with one attached hydrogen (secondary N) is 1. The van der Waals surface area contributed by atoms with Crippen molar-refractivity contribution in [1.29, 1.82) is 0 Å². The minimum atomic E-state index is -0.791. The number of carbonyl (C=O) groups excluding carboxylic acids is 3. The number of halogens is 1. The van der Waals surface area contributed by atoms with E-state index in [1.54, 1.807) is 11.9 Å². The summed E-state index contributed by atoms with van der Waals surface area (Å²) in [5.41, 5.74) is 2.43. The highest BCUT2D eigenvalue weighted by atomic mass is 19.1. The van der Waals surface area contributed by atoms with Crippen LogP contribution in [0.3, 0.4) is 0 Å². The third-order valence-corrected chi connectivity index (χ3v) is 5.93. The number of nitrogens with zero attached hydrogens (tertiary/aromatic N) is 3. The molecule has 0 aliphatic carbocycles. The second-order valence-electron chi connectivity index (χ2n) is 8.17. The predicted molar refractivity (Wildman–Crippen MR) is 121 cm³/mol.